The lowest BCUT2D eigenvalue weighted by Gasteiger charge is -2.21. The van der Waals surface area contributed by atoms with E-state index in [9.17, 15) is 9.59 Å². The minimum atomic E-state index is -0.470. The monoisotopic (exact) mass is 331 g/mol. The molecule has 0 aromatic heterocycles. The largest absolute Gasteiger partial charge is 0.347 e. The topological polar surface area (TPSA) is 55.4 Å². The van der Waals surface area contributed by atoms with Crippen molar-refractivity contribution < 1.29 is 14.3 Å². The maximum Gasteiger partial charge on any atom is 0.222 e. The van der Waals surface area contributed by atoms with Crippen LogP contribution < -0.4 is 5.32 Å². The Labute approximate surface area is 145 Å². The lowest BCUT2D eigenvalue weighted by molar-refractivity contribution is -0.137. The maximum absolute atomic E-state index is 12.6. The zero-order chi connectivity index (χ0) is 17.2. The van der Waals surface area contributed by atoms with E-state index < -0.39 is 6.10 Å². The molecule has 24 heavy (non-hydrogen) atoms. The van der Waals surface area contributed by atoms with Crippen LogP contribution in [0.3, 0.4) is 0 Å². The first kappa shape index (κ1) is 18.7. The molecule has 4 nitrogen and oxygen atoms in total. The second kappa shape index (κ2) is 10.2. The van der Waals surface area contributed by atoms with Gasteiger partial charge in [0, 0.05) is 25.7 Å². The van der Waals surface area contributed by atoms with E-state index in [4.69, 9.17) is 4.74 Å². The van der Waals surface area contributed by atoms with Crippen LogP contribution in [-0.4, -0.2) is 24.0 Å². The summed E-state index contributed by atoms with van der Waals surface area (Å²) in [7, 11) is 0. The van der Waals surface area contributed by atoms with E-state index in [1.54, 1.807) is 0 Å². The predicted molar refractivity (Wildman–Crippen MR) is 94.6 cm³/mol. The standard InChI is InChI=1S/C20H29NO3/c1-2-3-4-5-9-12-17(22)18(15-16-10-7-6-8-11-16)24-20-14-13-19(23)21-20/h6-8,10-11,18,20H,2-5,9,12-15H2,1H3,(H,21,23). The van der Waals surface area contributed by atoms with Gasteiger partial charge in [-0.15, -0.1) is 0 Å². The quantitative estimate of drug-likeness (QED) is 0.628. The molecule has 1 aliphatic heterocycles. The van der Waals surface area contributed by atoms with E-state index in [1.807, 2.05) is 30.3 Å². The zero-order valence-corrected chi connectivity index (χ0v) is 14.6. The second-order valence-electron chi connectivity index (χ2n) is 6.54. The van der Waals surface area contributed by atoms with Crippen LogP contribution in [-0.2, 0) is 20.7 Å². The molecule has 2 atom stereocenters. The van der Waals surface area contributed by atoms with Crippen molar-refractivity contribution in [2.45, 2.75) is 77.0 Å². The number of carbonyl (C=O) groups excluding carboxylic acids is 2. The van der Waals surface area contributed by atoms with Crippen molar-refractivity contribution in [2.75, 3.05) is 0 Å². The Bertz CT molecular complexity index is 515. The fraction of sp³-hybridized carbons (Fsp3) is 0.600. The van der Waals surface area contributed by atoms with E-state index >= 15 is 0 Å². The van der Waals surface area contributed by atoms with Gasteiger partial charge in [-0.05, 0) is 12.0 Å². The van der Waals surface area contributed by atoms with E-state index in [0.717, 1.165) is 18.4 Å². The highest BCUT2D eigenvalue weighted by atomic mass is 16.5. The number of amides is 1. The van der Waals surface area contributed by atoms with Crippen LogP contribution in [0.1, 0.15) is 63.9 Å². The van der Waals surface area contributed by atoms with Crippen LogP contribution in [0, 0.1) is 0 Å². The van der Waals surface area contributed by atoms with Crippen LogP contribution in [0.5, 0.6) is 0 Å². The van der Waals surface area contributed by atoms with Gasteiger partial charge in [-0.25, -0.2) is 0 Å². The summed E-state index contributed by atoms with van der Waals surface area (Å²) in [4.78, 5) is 24.0. The minimum Gasteiger partial charge on any atom is -0.347 e. The number of ketones is 1. The third kappa shape index (κ3) is 6.44. The van der Waals surface area contributed by atoms with Crippen LogP contribution >= 0.6 is 0 Å². The highest BCUT2D eigenvalue weighted by molar-refractivity contribution is 5.83. The van der Waals surface area contributed by atoms with Crippen LogP contribution in [0.25, 0.3) is 0 Å². The molecule has 1 amide bonds. The van der Waals surface area contributed by atoms with Gasteiger partial charge in [-0.2, -0.15) is 0 Å². The van der Waals surface area contributed by atoms with Crippen molar-refractivity contribution in [3.05, 3.63) is 35.9 Å². The minimum absolute atomic E-state index is 0.00507. The third-order valence-electron chi connectivity index (χ3n) is 4.43. The van der Waals surface area contributed by atoms with Crippen molar-refractivity contribution in [2.24, 2.45) is 0 Å². The van der Waals surface area contributed by atoms with E-state index in [1.165, 1.54) is 19.3 Å². The van der Waals surface area contributed by atoms with Gasteiger partial charge < -0.3 is 10.1 Å². The van der Waals surface area contributed by atoms with Gasteiger partial charge in [0.25, 0.3) is 0 Å². The fourth-order valence-corrected chi connectivity index (χ4v) is 3.02. The average Bonchev–Trinajstić information content (AvgIpc) is 3.00. The Morgan fingerprint density at radius 1 is 1.21 bits per heavy atom. The number of carbonyl (C=O) groups is 2. The summed E-state index contributed by atoms with van der Waals surface area (Å²) in [5, 5.41) is 2.80. The van der Waals surface area contributed by atoms with Crippen molar-refractivity contribution in [1.82, 2.24) is 5.32 Å². The molecule has 1 aromatic carbocycles. The molecular weight excluding hydrogens is 302 g/mol. The summed E-state index contributed by atoms with van der Waals surface area (Å²) in [6, 6.07) is 9.93. The lowest BCUT2D eigenvalue weighted by Crippen LogP contribution is -2.37. The summed E-state index contributed by atoms with van der Waals surface area (Å²) in [6.45, 7) is 2.19. The predicted octanol–water partition coefficient (Wildman–Crippen LogP) is 3.78. The molecule has 2 unspecified atom stereocenters. The third-order valence-corrected chi connectivity index (χ3v) is 4.43. The summed E-state index contributed by atoms with van der Waals surface area (Å²) >= 11 is 0. The molecule has 0 radical (unpaired) electrons. The molecule has 2 rings (SSSR count). The summed E-state index contributed by atoms with van der Waals surface area (Å²) in [5.74, 6) is 0.155. The molecule has 0 spiro atoms. The number of ether oxygens (including phenoxy) is 1. The number of nitrogens with one attached hydrogen (secondary N) is 1. The number of benzene rings is 1. The van der Waals surface area contributed by atoms with Crippen molar-refractivity contribution in [3.63, 3.8) is 0 Å². The Balaban J connectivity index is 1.88. The zero-order valence-electron chi connectivity index (χ0n) is 14.6. The molecule has 0 saturated carbocycles. The number of Topliss-reactive ketones (excluding diaryl/α,β-unsaturated/α-hetero) is 1. The SMILES string of the molecule is CCCCCCCC(=O)C(Cc1ccccc1)OC1CCC(=O)N1. The van der Waals surface area contributed by atoms with Crippen LogP contribution in [0.4, 0.5) is 0 Å². The molecule has 0 bridgehead atoms. The number of rotatable bonds is 11. The molecule has 0 aliphatic carbocycles. The molecule has 1 saturated heterocycles. The molecule has 1 aliphatic rings. The van der Waals surface area contributed by atoms with Gasteiger partial charge in [0.1, 0.15) is 12.3 Å². The smallest absolute Gasteiger partial charge is 0.222 e. The molecule has 4 heteroatoms. The molecule has 132 valence electrons. The lowest BCUT2D eigenvalue weighted by atomic mass is 10.0. The van der Waals surface area contributed by atoms with E-state index in [-0.39, 0.29) is 17.9 Å². The summed E-state index contributed by atoms with van der Waals surface area (Å²) in [6.07, 6.45) is 7.10. The van der Waals surface area contributed by atoms with Gasteiger partial charge >= 0.3 is 0 Å². The number of unbranched alkanes of at least 4 members (excludes halogenated alkanes) is 4. The van der Waals surface area contributed by atoms with Crippen molar-refractivity contribution in [1.29, 1.82) is 0 Å². The van der Waals surface area contributed by atoms with Crippen LogP contribution in [0.15, 0.2) is 30.3 Å². The first-order chi connectivity index (χ1) is 11.7. The Morgan fingerprint density at radius 2 is 1.96 bits per heavy atom. The molecular formula is C20H29NO3. The second-order valence-corrected chi connectivity index (χ2v) is 6.54. The van der Waals surface area contributed by atoms with Crippen molar-refractivity contribution >= 4 is 11.7 Å². The first-order valence-electron chi connectivity index (χ1n) is 9.20. The van der Waals surface area contributed by atoms with E-state index in [0.29, 0.717) is 25.7 Å². The van der Waals surface area contributed by atoms with E-state index in [2.05, 4.69) is 12.2 Å². The average molecular weight is 331 g/mol. The molecule has 1 fully saturated rings. The van der Waals surface area contributed by atoms with Gasteiger partial charge in [-0.1, -0.05) is 62.9 Å². The number of hydrogen-bond donors (Lipinski definition) is 1. The number of hydrogen-bond acceptors (Lipinski definition) is 3. The molecule has 1 aromatic rings. The maximum atomic E-state index is 12.6. The highest BCUT2D eigenvalue weighted by Gasteiger charge is 2.28. The molecule has 1 heterocycles. The highest BCUT2D eigenvalue weighted by Crippen LogP contribution is 2.17. The Hall–Kier alpha value is -1.68. The van der Waals surface area contributed by atoms with Gasteiger partial charge in [0.2, 0.25) is 5.91 Å². The van der Waals surface area contributed by atoms with Gasteiger partial charge in [0.15, 0.2) is 5.78 Å². The molecule has 1 N–H and O–H groups in total. The summed E-state index contributed by atoms with van der Waals surface area (Å²) in [5.41, 5.74) is 1.09. The summed E-state index contributed by atoms with van der Waals surface area (Å²) < 4.78 is 5.94. The van der Waals surface area contributed by atoms with Crippen LogP contribution in [0.2, 0.25) is 0 Å². The fourth-order valence-electron chi connectivity index (χ4n) is 3.02. The van der Waals surface area contributed by atoms with Crippen molar-refractivity contribution in [3.8, 4) is 0 Å². The first-order valence-corrected chi connectivity index (χ1v) is 9.20. The Morgan fingerprint density at radius 3 is 2.62 bits per heavy atom. The normalized spacial score (nSPS) is 18.4. The van der Waals surface area contributed by atoms with Gasteiger partial charge in [0.05, 0.1) is 0 Å². The van der Waals surface area contributed by atoms with Gasteiger partial charge in [-0.3, -0.25) is 9.59 Å². The Kier molecular flexibility index (Phi) is 7.96.